The molecule has 0 saturated carbocycles. The summed E-state index contributed by atoms with van der Waals surface area (Å²) in [5.41, 5.74) is 1.13. The number of hydrogen-bond donors (Lipinski definition) is 1. The molecule has 2 aromatic rings. The Hall–Kier alpha value is -3.22. The molecule has 1 N–H and O–H groups in total. The third-order valence-corrected chi connectivity index (χ3v) is 5.14. The zero-order valence-electron chi connectivity index (χ0n) is 17.6. The first kappa shape index (κ1) is 21.5. The fourth-order valence-electron chi connectivity index (χ4n) is 3.48. The molecule has 1 saturated heterocycles. The molecule has 0 spiro atoms. The zero-order chi connectivity index (χ0) is 21.5. The third kappa shape index (κ3) is 5.23. The fourth-order valence-corrected chi connectivity index (χ4v) is 3.48. The van der Waals surface area contributed by atoms with E-state index in [2.05, 4.69) is 5.32 Å². The summed E-state index contributed by atoms with van der Waals surface area (Å²) in [5, 5.41) is 3.05. The Labute approximate surface area is 176 Å². The Morgan fingerprint density at radius 2 is 1.53 bits per heavy atom. The van der Waals surface area contributed by atoms with Gasteiger partial charge in [0, 0.05) is 36.3 Å². The first-order chi connectivity index (χ1) is 14.5. The van der Waals surface area contributed by atoms with Crippen LogP contribution >= 0.6 is 0 Å². The molecule has 30 heavy (non-hydrogen) atoms. The maximum absolute atomic E-state index is 12.7. The Morgan fingerprint density at radius 1 is 0.933 bits per heavy atom. The van der Waals surface area contributed by atoms with Crippen molar-refractivity contribution in [2.45, 2.75) is 25.8 Å². The van der Waals surface area contributed by atoms with Crippen molar-refractivity contribution in [1.82, 2.24) is 10.2 Å². The van der Waals surface area contributed by atoms with Crippen LogP contribution in [0.25, 0.3) is 0 Å². The minimum Gasteiger partial charge on any atom is -0.497 e. The molecule has 0 aromatic heterocycles. The van der Waals surface area contributed by atoms with Gasteiger partial charge in [0.15, 0.2) is 0 Å². The molecule has 2 aromatic carbocycles. The van der Waals surface area contributed by atoms with Gasteiger partial charge in [0.05, 0.1) is 20.8 Å². The molecule has 1 heterocycles. The minimum atomic E-state index is -0.177. The lowest BCUT2D eigenvalue weighted by molar-refractivity contribution is 0.0698. The van der Waals surface area contributed by atoms with Gasteiger partial charge in [-0.3, -0.25) is 9.59 Å². The van der Waals surface area contributed by atoms with Crippen LogP contribution in [0.4, 0.5) is 0 Å². The van der Waals surface area contributed by atoms with Crippen molar-refractivity contribution in [2.75, 3.05) is 33.9 Å². The smallest absolute Gasteiger partial charge is 0.253 e. The molecule has 1 aliphatic heterocycles. The topological polar surface area (TPSA) is 77.1 Å². The molecule has 3 rings (SSSR count). The van der Waals surface area contributed by atoms with Crippen LogP contribution in [0, 0.1) is 0 Å². The number of methoxy groups -OCH3 is 2. The van der Waals surface area contributed by atoms with Crippen molar-refractivity contribution < 1.29 is 23.8 Å². The van der Waals surface area contributed by atoms with Gasteiger partial charge in [-0.05, 0) is 56.2 Å². The molecule has 0 aliphatic carbocycles. The molecular formula is C23H28N2O5. The number of benzene rings is 2. The highest BCUT2D eigenvalue weighted by atomic mass is 16.5. The number of rotatable bonds is 7. The average molecular weight is 412 g/mol. The van der Waals surface area contributed by atoms with Crippen molar-refractivity contribution in [2.24, 2.45) is 0 Å². The monoisotopic (exact) mass is 412 g/mol. The Morgan fingerprint density at radius 3 is 2.07 bits per heavy atom. The molecule has 7 heteroatoms. The summed E-state index contributed by atoms with van der Waals surface area (Å²) in [6.07, 6.45) is 1.41. The van der Waals surface area contributed by atoms with E-state index in [-0.39, 0.29) is 17.9 Å². The lowest BCUT2D eigenvalue weighted by atomic mass is 10.0. The van der Waals surface area contributed by atoms with Gasteiger partial charge in [-0.15, -0.1) is 0 Å². The highest BCUT2D eigenvalue weighted by molar-refractivity contribution is 5.95. The second kappa shape index (κ2) is 10.0. The lowest BCUT2D eigenvalue weighted by Gasteiger charge is -2.32. The van der Waals surface area contributed by atoms with E-state index in [0.717, 1.165) is 5.75 Å². The average Bonchev–Trinajstić information content (AvgIpc) is 2.79. The molecule has 0 bridgehead atoms. The number of piperidine rings is 1. The van der Waals surface area contributed by atoms with E-state index in [0.29, 0.717) is 55.2 Å². The number of nitrogens with zero attached hydrogens (tertiary/aromatic N) is 1. The molecular weight excluding hydrogens is 384 g/mol. The molecule has 2 amide bonds. The van der Waals surface area contributed by atoms with E-state index >= 15 is 0 Å². The largest absolute Gasteiger partial charge is 0.497 e. The number of carbonyl (C=O) groups excluding carboxylic acids is 2. The molecule has 0 unspecified atom stereocenters. The van der Waals surface area contributed by atoms with Crippen LogP contribution in [-0.2, 0) is 0 Å². The van der Waals surface area contributed by atoms with Crippen LogP contribution in [0.3, 0.4) is 0 Å². The van der Waals surface area contributed by atoms with Gasteiger partial charge in [-0.25, -0.2) is 0 Å². The zero-order valence-corrected chi connectivity index (χ0v) is 17.6. The molecule has 0 radical (unpaired) electrons. The SMILES string of the molecule is CCOc1ccc(C(=O)N2CCC(NC(=O)c3cc(OC)cc(OC)c3)CC2)cc1. The summed E-state index contributed by atoms with van der Waals surface area (Å²) in [7, 11) is 3.10. The van der Waals surface area contributed by atoms with Gasteiger partial charge < -0.3 is 24.4 Å². The minimum absolute atomic E-state index is 0.000331. The van der Waals surface area contributed by atoms with E-state index in [4.69, 9.17) is 14.2 Å². The van der Waals surface area contributed by atoms with Crippen LogP contribution in [0.15, 0.2) is 42.5 Å². The second-order valence-electron chi connectivity index (χ2n) is 7.10. The number of likely N-dealkylation sites (tertiary alicyclic amines) is 1. The fraction of sp³-hybridized carbons (Fsp3) is 0.391. The van der Waals surface area contributed by atoms with E-state index < -0.39 is 0 Å². The predicted molar refractivity (Wildman–Crippen MR) is 114 cm³/mol. The Balaban J connectivity index is 1.55. The summed E-state index contributed by atoms with van der Waals surface area (Å²) >= 11 is 0. The lowest BCUT2D eigenvalue weighted by Crippen LogP contribution is -2.46. The first-order valence-electron chi connectivity index (χ1n) is 10.1. The highest BCUT2D eigenvalue weighted by Crippen LogP contribution is 2.23. The van der Waals surface area contributed by atoms with E-state index in [1.165, 1.54) is 0 Å². The van der Waals surface area contributed by atoms with E-state index in [1.807, 2.05) is 24.0 Å². The van der Waals surface area contributed by atoms with Crippen molar-refractivity contribution in [3.05, 3.63) is 53.6 Å². The molecule has 0 atom stereocenters. The summed E-state index contributed by atoms with van der Waals surface area (Å²) in [6.45, 7) is 3.71. The predicted octanol–water partition coefficient (Wildman–Crippen LogP) is 3.14. The Kier molecular flexibility index (Phi) is 7.17. The van der Waals surface area contributed by atoms with Gasteiger partial charge in [0.25, 0.3) is 11.8 Å². The van der Waals surface area contributed by atoms with Gasteiger partial charge in [0.2, 0.25) is 0 Å². The quantitative estimate of drug-likeness (QED) is 0.756. The maximum atomic E-state index is 12.7. The molecule has 160 valence electrons. The number of amides is 2. The van der Waals surface area contributed by atoms with E-state index in [1.54, 1.807) is 44.6 Å². The number of carbonyl (C=O) groups is 2. The second-order valence-corrected chi connectivity index (χ2v) is 7.10. The standard InChI is InChI=1S/C23H28N2O5/c1-4-30-19-7-5-16(6-8-19)23(27)25-11-9-18(10-12-25)24-22(26)17-13-20(28-2)15-21(14-17)29-3/h5-8,13-15,18H,4,9-12H2,1-3H3,(H,24,26). The third-order valence-electron chi connectivity index (χ3n) is 5.14. The number of hydrogen-bond acceptors (Lipinski definition) is 5. The maximum Gasteiger partial charge on any atom is 0.253 e. The van der Waals surface area contributed by atoms with Crippen molar-refractivity contribution in [3.8, 4) is 17.2 Å². The van der Waals surface area contributed by atoms with Crippen LogP contribution in [0.5, 0.6) is 17.2 Å². The van der Waals surface area contributed by atoms with Crippen molar-refractivity contribution in [1.29, 1.82) is 0 Å². The van der Waals surface area contributed by atoms with Crippen LogP contribution < -0.4 is 19.5 Å². The summed E-state index contributed by atoms with van der Waals surface area (Å²) in [6, 6.07) is 12.3. The number of nitrogens with one attached hydrogen (secondary N) is 1. The normalized spacial score (nSPS) is 14.2. The molecule has 7 nitrogen and oxygen atoms in total. The van der Waals surface area contributed by atoms with Gasteiger partial charge in [-0.2, -0.15) is 0 Å². The summed E-state index contributed by atoms with van der Waals surface area (Å²) in [5.74, 6) is 1.71. The molecule has 1 fully saturated rings. The molecule has 1 aliphatic rings. The summed E-state index contributed by atoms with van der Waals surface area (Å²) in [4.78, 5) is 27.2. The first-order valence-corrected chi connectivity index (χ1v) is 10.1. The van der Waals surface area contributed by atoms with Crippen molar-refractivity contribution >= 4 is 11.8 Å². The van der Waals surface area contributed by atoms with Crippen LogP contribution in [-0.4, -0.2) is 56.7 Å². The van der Waals surface area contributed by atoms with Gasteiger partial charge in [0.1, 0.15) is 17.2 Å². The van der Waals surface area contributed by atoms with Gasteiger partial charge >= 0.3 is 0 Å². The van der Waals surface area contributed by atoms with E-state index in [9.17, 15) is 9.59 Å². The summed E-state index contributed by atoms with van der Waals surface area (Å²) < 4.78 is 15.9. The van der Waals surface area contributed by atoms with Crippen LogP contribution in [0.2, 0.25) is 0 Å². The number of ether oxygens (including phenoxy) is 3. The Bertz CT molecular complexity index is 851. The van der Waals surface area contributed by atoms with Gasteiger partial charge in [-0.1, -0.05) is 0 Å². The highest BCUT2D eigenvalue weighted by Gasteiger charge is 2.25. The van der Waals surface area contributed by atoms with Crippen molar-refractivity contribution in [3.63, 3.8) is 0 Å². The van der Waals surface area contributed by atoms with Crippen LogP contribution in [0.1, 0.15) is 40.5 Å².